The minimum Gasteiger partial charge on any atom is -0.468 e. The van der Waals surface area contributed by atoms with E-state index in [2.05, 4.69) is 0 Å². The summed E-state index contributed by atoms with van der Waals surface area (Å²) in [6.45, 7) is 3.82. The molecule has 0 aliphatic rings. The summed E-state index contributed by atoms with van der Waals surface area (Å²) in [5, 5.41) is 9.00. The topological polar surface area (TPSA) is 33.4 Å². The standard InChI is InChI=1S/C9H14O2S/c1-7-3-4-11-9(7)6-12-5-8(2)10/h3-4,8,10H,5-6H2,1-2H3. The highest BCUT2D eigenvalue weighted by molar-refractivity contribution is 7.98. The van der Waals surface area contributed by atoms with Crippen molar-refractivity contribution in [3.05, 3.63) is 23.7 Å². The lowest BCUT2D eigenvalue weighted by atomic mass is 10.3. The third-order valence-electron chi connectivity index (χ3n) is 1.56. The molecule has 0 radical (unpaired) electrons. The molecule has 0 spiro atoms. The number of furan rings is 1. The zero-order valence-corrected chi connectivity index (χ0v) is 8.23. The fourth-order valence-corrected chi connectivity index (χ4v) is 1.81. The number of aryl methyl sites for hydroxylation is 1. The highest BCUT2D eigenvalue weighted by Crippen LogP contribution is 2.17. The molecule has 12 heavy (non-hydrogen) atoms. The van der Waals surface area contributed by atoms with E-state index in [0.29, 0.717) is 0 Å². The smallest absolute Gasteiger partial charge is 0.116 e. The van der Waals surface area contributed by atoms with Crippen LogP contribution in [0.15, 0.2) is 16.7 Å². The van der Waals surface area contributed by atoms with E-state index in [1.807, 2.05) is 13.0 Å². The molecule has 0 aliphatic heterocycles. The van der Waals surface area contributed by atoms with E-state index >= 15 is 0 Å². The molecular formula is C9H14O2S. The predicted molar refractivity (Wildman–Crippen MR) is 51.3 cm³/mol. The number of hydrogen-bond acceptors (Lipinski definition) is 3. The monoisotopic (exact) mass is 186 g/mol. The van der Waals surface area contributed by atoms with Gasteiger partial charge in [0.2, 0.25) is 0 Å². The fraction of sp³-hybridized carbons (Fsp3) is 0.556. The summed E-state index contributed by atoms with van der Waals surface area (Å²) in [5.74, 6) is 2.63. The van der Waals surface area contributed by atoms with Gasteiger partial charge in [-0.25, -0.2) is 0 Å². The highest BCUT2D eigenvalue weighted by atomic mass is 32.2. The Morgan fingerprint density at radius 3 is 2.92 bits per heavy atom. The van der Waals surface area contributed by atoms with E-state index in [1.54, 1.807) is 24.9 Å². The van der Waals surface area contributed by atoms with E-state index in [1.165, 1.54) is 5.56 Å². The van der Waals surface area contributed by atoms with Crippen LogP contribution in [0.5, 0.6) is 0 Å². The van der Waals surface area contributed by atoms with E-state index in [0.717, 1.165) is 17.3 Å². The second kappa shape index (κ2) is 4.58. The maximum absolute atomic E-state index is 9.00. The normalized spacial score (nSPS) is 13.2. The van der Waals surface area contributed by atoms with Crippen molar-refractivity contribution in [3.8, 4) is 0 Å². The Labute approximate surface area is 77.0 Å². The molecular weight excluding hydrogens is 172 g/mol. The maximum Gasteiger partial charge on any atom is 0.116 e. The molecule has 0 fully saturated rings. The summed E-state index contributed by atoms with van der Waals surface area (Å²) < 4.78 is 5.24. The summed E-state index contributed by atoms with van der Waals surface area (Å²) in [4.78, 5) is 0. The molecule has 1 unspecified atom stereocenters. The van der Waals surface area contributed by atoms with Crippen molar-refractivity contribution in [2.45, 2.75) is 25.7 Å². The second-order valence-corrected chi connectivity index (χ2v) is 3.92. The molecule has 1 N–H and O–H groups in total. The van der Waals surface area contributed by atoms with Crippen LogP contribution in [-0.2, 0) is 5.75 Å². The molecule has 3 heteroatoms. The number of rotatable bonds is 4. The first-order valence-corrected chi connectivity index (χ1v) is 5.14. The van der Waals surface area contributed by atoms with Crippen molar-refractivity contribution in [1.29, 1.82) is 0 Å². The molecule has 1 rings (SSSR count). The third kappa shape index (κ3) is 2.91. The summed E-state index contributed by atoms with van der Waals surface area (Å²) in [6, 6.07) is 1.96. The van der Waals surface area contributed by atoms with Crippen molar-refractivity contribution in [2.75, 3.05) is 5.75 Å². The van der Waals surface area contributed by atoms with Crippen LogP contribution in [0.3, 0.4) is 0 Å². The first-order chi connectivity index (χ1) is 5.70. The molecule has 0 saturated heterocycles. The van der Waals surface area contributed by atoms with Crippen molar-refractivity contribution in [1.82, 2.24) is 0 Å². The van der Waals surface area contributed by atoms with Crippen LogP contribution in [0.25, 0.3) is 0 Å². The average Bonchev–Trinajstić information content (AvgIpc) is 2.36. The van der Waals surface area contributed by atoms with Gasteiger partial charge >= 0.3 is 0 Å². The molecule has 2 nitrogen and oxygen atoms in total. The van der Waals surface area contributed by atoms with Crippen LogP contribution in [0.1, 0.15) is 18.2 Å². The quantitative estimate of drug-likeness (QED) is 0.782. The highest BCUT2D eigenvalue weighted by Gasteiger charge is 2.02. The lowest BCUT2D eigenvalue weighted by molar-refractivity contribution is 0.220. The van der Waals surface area contributed by atoms with Crippen LogP contribution in [0.2, 0.25) is 0 Å². The molecule has 68 valence electrons. The number of aliphatic hydroxyl groups excluding tert-OH is 1. The van der Waals surface area contributed by atoms with E-state index in [4.69, 9.17) is 9.52 Å². The van der Waals surface area contributed by atoms with Gasteiger partial charge in [0.1, 0.15) is 5.76 Å². The van der Waals surface area contributed by atoms with Crippen LogP contribution in [0, 0.1) is 6.92 Å². The molecule has 0 bridgehead atoms. The maximum atomic E-state index is 9.00. The van der Waals surface area contributed by atoms with Gasteiger partial charge in [0, 0.05) is 5.75 Å². The second-order valence-electron chi connectivity index (χ2n) is 2.89. The zero-order chi connectivity index (χ0) is 8.97. The van der Waals surface area contributed by atoms with Gasteiger partial charge in [0.25, 0.3) is 0 Å². The van der Waals surface area contributed by atoms with Crippen molar-refractivity contribution < 1.29 is 9.52 Å². The molecule has 0 amide bonds. The summed E-state index contributed by atoms with van der Waals surface area (Å²) in [6.07, 6.45) is 1.47. The van der Waals surface area contributed by atoms with Crippen LogP contribution >= 0.6 is 11.8 Å². The Kier molecular flexibility index (Phi) is 3.69. The predicted octanol–water partition coefficient (Wildman–Crippen LogP) is 2.20. The van der Waals surface area contributed by atoms with Crippen molar-refractivity contribution in [3.63, 3.8) is 0 Å². The lowest BCUT2D eigenvalue weighted by Gasteiger charge is -2.02. The Balaban J connectivity index is 2.29. The first kappa shape index (κ1) is 9.68. The Morgan fingerprint density at radius 1 is 1.67 bits per heavy atom. The molecule has 1 atom stereocenters. The minimum atomic E-state index is -0.231. The van der Waals surface area contributed by atoms with Gasteiger partial charge in [-0.05, 0) is 25.5 Å². The van der Waals surface area contributed by atoms with Gasteiger partial charge in [-0.15, -0.1) is 0 Å². The molecule has 1 heterocycles. The molecule has 0 aromatic carbocycles. The largest absolute Gasteiger partial charge is 0.468 e. The summed E-state index contributed by atoms with van der Waals surface area (Å²) >= 11 is 1.69. The first-order valence-electron chi connectivity index (χ1n) is 3.99. The van der Waals surface area contributed by atoms with Crippen LogP contribution < -0.4 is 0 Å². The van der Waals surface area contributed by atoms with Gasteiger partial charge in [0.05, 0.1) is 18.1 Å². The van der Waals surface area contributed by atoms with Crippen molar-refractivity contribution in [2.24, 2.45) is 0 Å². The number of aliphatic hydroxyl groups is 1. The van der Waals surface area contributed by atoms with Crippen LogP contribution in [0.4, 0.5) is 0 Å². The molecule has 0 saturated carbocycles. The number of thioether (sulfide) groups is 1. The van der Waals surface area contributed by atoms with E-state index in [9.17, 15) is 0 Å². The van der Waals surface area contributed by atoms with Crippen molar-refractivity contribution >= 4 is 11.8 Å². The zero-order valence-electron chi connectivity index (χ0n) is 7.41. The number of hydrogen-bond donors (Lipinski definition) is 1. The SMILES string of the molecule is Cc1ccoc1CSCC(C)O. The average molecular weight is 186 g/mol. The lowest BCUT2D eigenvalue weighted by Crippen LogP contribution is -2.02. The minimum absolute atomic E-state index is 0.231. The van der Waals surface area contributed by atoms with Gasteiger partial charge in [-0.2, -0.15) is 11.8 Å². The van der Waals surface area contributed by atoms with Gasteiger partial charge in [-0.3, -0.25) is 0 Å². The summed E-state index contributed by atoms with van der Waals surface area (Å²) in [7, 11) is 0. The Hall–Kier alpha value is -0.410. The Bertz CT molecular complexity index is 230. The molecule has 0 aliphatic carbocycles. The van der Waals surface area contributed by atoms with Crippen LogP contribution in [-0.4, -0.2) is 17.0 Å². The Morgan fingerprint density at radius 2 is 2.42 bits per heavy atom. The molecule has 1 aromatic rings. The van der Waals surface area contributed by atoms with E-state index in [-0.39, 0.29) is 6.10 Å². The summed E-state index contributed by atoms with van der Waals surface area (Å²) in [5.41, 5.74) is 1.19. The fourth-order valence-electron chi connectivity index (χ4n) is 0.874. The van der Waals surface area contributed by atoms with Gasteiger partial charge in [-0.1, -0.05) is 0 Å². The van der Waals surface area contributed by atoms with Gasteiger partial charge in [0.15, 0.2) is 0 Å². The van der Waals surface area contributed by atoms with E-state index < -0.39 is 0 Å². The third-order valence-corrected chi connectivity index (χ3v) is 2.74. The molecule has 1 aromatic heterocycles. The van der Waals surface area contributed by atoms with Gasteiger partial charge < -0.3 is 9.52 Å².